The molecule has 0 aliphatic carbocycles. The maximum absolute atomic E-state index is 5.81. The number of benzene rings is 1. The molecule has 0 spiro atoms. The van der Waals surface area contributed by atoms with E-state index < -0.39 is 0 Å². The van der Waals surface area contributed by atoms with Crippen molar-refractivity contribution in [2.24, 2.45) is 0 Å². The summed E-state index contributed by atoms with van der Waals surface area (Å²) in [6.07, 6.45) is 0. The number of nitrogen functional groups attached to an aromatic ring is 1. The van der Waals surface area contributed by atoms with Gasteiger partial charge in [-0.1, -0.05) is 6.07 Å². The fourth-order valence-electron chi connectivity index (χ4n) is 1.55. The number of thiophene rings is 1. The van der Waals surface area contributed by atoms with Crippen LogP contribution >= 0.6 is 27.3 Å². The Morgan fingerprint density at radius 3 is 2.53 bits per heavy atom. The monoisotopic (exact) mass is 281 g/mol. The van der Waals surface area contributed by atoms with Gasteiger partial charge in [0.2, 0.25) is 0 Å². The van der Waals surface area contributed by atoms with Gasteiger partial charge in [0.05, 0.1) is 0 Å². The Morgan fingerprint density at radius 1 is 1.20 bits per heavy atom. The lowest BCUT2D eigenvalue weighted by Crippen LogP contribution is -1.87. The van der Waals surface area contributed by atoms with Crippen LogP contribution in [-0.4, -0.2) is 0 Å². The molecule has 0 radical (unpaired) electrons. The molecule has 0 aliphatic heterocycles. The van der Waals surface area contributed by atoms with Crippen LogP contribution in [0.1, 0.15) is 10.4 Å². The molecule has 1 heterocycles. The third kappa shape index (κ3) is 2.08. The number of anilines is 1. The molecule has 1 nitrogen and oxygen atoms in total. The highest BCUT2D eigenvalue weighted by molar-refractivity contribution is 9.10. The minimum Gasteiger partial charge on any atom is -0.399 e. The molecule has 0 atom stereocenters. The lowest BCUT2D eigenvalue weighted by Gasteiger charge is -2.05. The van der Waals surface area contributed by atoms with Gasteiger partial charge in [0, 0.05) is 19.9 Å². The molecule has 0 aliphatic rings. The first-order valence-electron chi connectivity index (χ1n) is 4.70. The zero-order chi connectivity index (χ0) is 11.0. The van der Waals surface area contributed by atoms with Gasteiger partial charge >= 0.3 is 0 Å². The predicted molar refractivity (Wildman–Crippen MR) is 71.3 cm³/mol. The van der Waals surface area contributed by atoms with Gasteiger partial charge in [0.15, 0.2) is 0 Å². The standard InChI is InChI=1S/C12H12BrNS/c1-7-3-4-9(14)6-10(7)12-11(13)5-8(2)15-12/h3-6H,14H2,1-2H3. The number of halogens is 1. The summed E-state index contributed by atoms with van der Waals surface area (Å²) < 4.78 is 1.15. The highest BCUT2D eigenvalue weighted by Crippen LogP contribution is 2.38. The molecule has 15 heavy (non-hydrogen) atoms. The van der Waals surface area contributed by atoms with Crippen LogP contribution in [0, 0.1) is 13.8 Å². The van der Waals surface area contributed by atoms with Gasteiger partial charge in [-0.2, -0.15) is 0 Å². The van der Waals surface area contributed by atoms with Crippen molar-refractivity contribution in [3.8, 4) is 10.4 Å². The van der Waals surface area contributed by atoms with E-state index in [0.717, 1.165) is 10.2 Å². The van der Waals surface area contributed by atoms with Crippen molar-refractivity contribution >= 4 is 33.0 Å². The molecular weight excluding hydrogens is 270 g/mol. The Bertz CT molecular complexity index is 502. The summed E-state index contributed by atoms with van der Waals surface area (Å²) in [4.78, 5) is 2.57. The summed E-state index contributed by atoms with van der Waals surface area (Å²) in [5.74, 6) is 0. The smallest absolute Gasteiger partial charge is 0.0491 e. The van der Waals surface area contributed by atoms with E-state index in [4.69, 9.17) is 5.73 Å². The fourth-order valence-corrected chi connectivity index (χ4v) is 3.49. The van der Waals surface area contributed by atoms with Crippen molar-refractivity contribution in [1.82, 2.24) is 0 Å². The maximum atomic E-state index is 5.81. The van der Waals surface area contributed by atoms with Crippen LogP contribution in [0.3, 0.4) is 0 Å². The molecule has 0 bridgehead atoms. The van der Waals surface area contributed by atoms with Gasteiger partial charge in [0.1, 0.15) is 0 Å². The van der Waals surface area contributed by atoms with Crippen LogP contribution < -0.4 is 5.73 Å². The maximum Gasteiger partial charge on any atom is 0.0491 e. The second-order valence-electron chi connectivity index (χ2n) is 3.61. The molecule has 1 aromatic carbocycles. The molecule has 2 N–H and O–H groups in total. The molecule has 0 saturated heterocycles. The predicted octanol–water partition coefficient (Wildman–Crippen LogP) is 4.38. The van der Waals surface area contributed by atoms with Crippen molar-refractivity contribution in [1.29, 1.82) is 0 Å². The number of nitrogens with two attached hydrogens (primary N) is 1. The third-order valence-electron chi connectivity index (χ3n) is 2.32. The number of rotatable bonds is 1. The molecule has 0 saturated carbocycles. The highest BCUT2D eigenvalue weighted by Gasteiger charge is 2.09. The normalized spacial score (nSPS) is 10.6. The van der Waals surface area contributed by atoms with Gasteiger partial charge < -0.3 is 5.73 Å². The lowest BCUT2D eigenvalue weighted by molar-refractivity contribution is 1.47. The second-order valence-corrected chi connectivity index (χ2v) is 5.72. The number of hydrogen-bond acceptors (Lipinski definition) is 2. The van der Waals surface area contributed by atoms with E-state index >= 15 is 0 Å². The Hall–Kier alpha value is -0.800. The molecule has 1 aromatic heterocycles. The van der Waals surface area contributed by atoms with Crippen molar-refractivity contribution in [2.75, 3.05) is 5.73 Å². The van der Waals surface area contributed by atoms with Crippen LogP contribution in [0.2, 0.25) is 0 Å². The van der Waals surface area contributed by atoms with E-state index in [1.54, 1.807) is 11.3 Å². The second kappa shape index (κ2) is 3.99. The van der Waals surface area contributed by atoms with Crippen LogP contribution in [0.4, 0.5) is 5.69 Å². The van der Waals surface area contributed by atoms with Gasteiger partial charge in [-0.25, -0.2) is 0 Å². The topological polar surface area (TPSA) is 26.0 Å². The molecule has 0 fully saturated rings. The SMILES string of the molecule is Cc1cc(Br)c(-c2cc(N)ccc2C)s1. The lowest BCUT2D eigenvalue weighted by atomic mass is 10.1. The first-order valence-corrected chi connectivity index (χ1v) is 6.31. The fraction of sp³-hybridized carbons (Fsp3) is 0.167. The van der Waals surface area contributed by atoms with Crippen LogP contribution in [0.25, 0.3) is 10.4 Å². The van der Waals surface area contributed by atoms with Crippen LogP contribution in [0.5, 0.6) is 0 Å². The highest BCUT2D eigenvalue weighted by atomic mass is 79.9. The molecule has 3 heteroatoms. The minimum atomic E-state index is 0.813. The van der Waals surface area contributed by atoms with E-state index in [1.165, 1.54) is 20.9 Å². The van der Waals surface area contributed by atoms with E-state index in [1.807, 2.05) is 12.1 Å². The van der Waals surface area contributed by atoms with Gasteiger partial charge in [0.25, 0.3) is 0 Å². The molecule has 0 amide bonds. The third-order valence-corrected chi connectivity index (χ3v) is 4.29. The average molecular weight is 282 g/mol. The Morgan fingerprint density at radius 2 is 1.93 bits per heavy atom. The van der Waals surface area contributed by atoms with Crippen LogP contribution in [0.15, 0.2) is 28.7 Å². The zero-order valence-electron chi connectivity index (χ0n) is 8.67. The van der Waals surface area contributed by atoms with E-state index in [-0.39, 0.29) is 0 Å². The van der Waals surface area contributed by atoms with E-state index in [0.29, 0.717) is 0 Å². The zero-order valence-corrected chi connectivity index (χ0v) is 11.1. The summed E-state index contributed by atoms with van der Waals surface area (Å²) in [6.45, 7) is 4.22. The van der Waals surface area contributed by atoms with Crippen LogP contribution in [-0.2, 0) is 0 Å². The quantitative estimate of drug-likeness (QED) is 0.772. The largest absolute Gasteiger partial charge is 0.399 e. The summed E-state index contributed by atoms with van der Waals surface area (Å²) in [6, 6.07) is 8.17. The molecular formula is C12H12BrNS. The minimum absolute atomic E-state index is 0.813. The number of hydrogen-bond donors (Lipinski definition) is 1. The summed E-state index contributed by atoms with van der Waals surface area (Å²) in [5, 5.41) is 0. The average Bonchev–Trinajstić information content (AvgIpc) is 2.50. The van der Waals surface area contributed by atoms with E-state index in [2.05, 4.69) is 41.9 Å². The molecule has 2 rings (SSSR count). The summed E-state index contributed by atoms with van der Waals surface area (Å²) in [7, 11) is 0. The van der Waals surface area contributed by atoms with Crippen molar-refractivity contribution in [2.45, 2.75) is 13.8 Å². The van der Waals surface area contributed by atoms with E-state index in [9.17, 15) is 0 Å². The Balaban J connectivity index is 2.62. The van der Waals surface area contributed by atoms with Crippen molar-refractivity contribution in [3.63, 3.8) is 0 Å². The summed E-state index contributed by atoms with van der Waals surface area (Å²) >= 11 is 5.37. The summed E-state index contributed by atoms with van der Waals surface area (Å²) in [5.41, 5.74) is 9.10. The molecule has 2 aromatic rings. The van der Waals surface area contributed by atoms with Gasteiger partial charge in [-0.3, -0.25) is 0 Å². The first-order chi connectivity index (χ1) is 7.08. The number of aryl methyl sites for hydroxylation is 2. The van der Waals surface area contributed by atoms with Crippen molar-refractivity contribution in [3.05, 3.63) is 39.2 Å². The van der Waals surface area contributed by atoms with Gasteiger partial charge in [-0.05, 0) is 59.1 Å². The Labute approximate surface area is 102 Å². The molecule has 0 unspecified atom stereocenters. The van der Waals surface area contributed by atoms with Gasteiger partial charge in [-0.15, -0.1) is 11.3 Å². The first kappa shape index (κ1) is 10.7. The molecule has 78 valence electrons. The van der Waals surface area contributed by atoms with Crippen molar-refractivity contribution < 1.29 is 0 Å². The Kier molecular flexibility index (Phi) is 2.85.